The molecular weight excluding hydrogens is 198 g/mol. The minimum atomic E-state index is 0.610. The first kappa shape index (κ1) is 10.8. The SMILES string of the molecule is CC(C)Cc1ccc2cc(C=O)ccc2n1. The molecule has 1 heterocycles. The lowest BCUT2D eigenvalue weighted by molar-refractivity contribution is 0.112. The van der Waals surface area contributed by atoms with E-state index in [1.54, 1.807) is 0 Å². The molecule has 0 spiro atoms. The van der Waals surface area contributed by atoms with Crippen LogP contribution in [0.4, 0.5) is 0 Å². The Morgan fingerprint density at radius 1 is 1.25 bits per heavy atom. The normalized spacial score (nSPS) is 10.9. The van der Waals surface area contributed by atoms with Gasteiger partial charge in [0.25, 0.3) is 0 Å². The first-order valence-electron chi connectivity index (χ1n) is 5.54. The van der Waals surface area contributed by atoms with Crippen molar-refractivity contribution >= 4 is 17.2 Å². The van der Waals surface area contributed by atoms with E-state index in [1.807, 2.05) is 30.3 Å². The topological polar surface area (TPSA) is 30.0 Å². The lowest BCUT2D eigenvalue weighted by Crippen LogP contribution is -1.97. The Kier molecular flexibility index (Phi) is 3.00. The maximum Gasteiger partial charge on any atom is 0.150 e. The molecule has 0 unspecified atom stereocenters. The molecule has 2 heteroatoms. The van der Waals surface area contributed by atoms with Crippen molar-refractivity contribution < 1.29 is 4.79 Å². The predicted octanol–water partition coefficient (Wildman–Crippen LogP) is 3.25. The van der Waals surface area contributed by atoms with Gasteiger partial charge in [-0.3, -0.25) is 9.78 Å². The van der Waals surface area contributed by atoms with E-state index in [1.165, 1.54) is 0 Å². The highest BCUT2D eigenvalue weighted by Gasteiger charge is 2.02. The van der Waals surface area contributed by atoms with Gasteiger partial charge in [0, 0.05) is 16.6 Å². The summed E-state index contributed by atoms with van der Waals surface area (Å²) in [6.07, 6.45) is 1.85. The minimum Gasteiger partial charge on any atom is -0.298 e. The van der Waals surface area contributed by atoms with Crippen molar-refractivity contribution in [3.63, 3.8) is 0 Å². The molecule has 0 atom stereocenters. The van der Waals surface area contributed by atoms with Crippen LogP contribution in [0.3, 0.4) is 0 Å². The quantitative estimate of drug-likeness (QED) is 0.732. The number of nitrogens with zero attached hydrogens (tertiary/aromatic N) is 1. The second kappa shape index (κ2) is 4.44. The second-order valence-electron chi connectivity index (χ2n) is 4.47. The maximum atomic E-state index is 10.6. The second-order valence-corrected chi connectivity index (χ2v) is 4.47. The highest BCUT2D eigenvalue weighted by Crippen LogP contribution is 2.15. The third kappa shape index (κ3) is 2.27. The van der Waals surface area contributed by atoms with Crippen molar-refractivity contribution in [1.29, 1.82) is 0 Å². The summed E-state index contributed by atoms with van der Waals surface area (Å²) in [5, 5.41) is 1.03. The summed E-state index contributed by atoms with van der Waals surface area (Å²) < 4.78 is 0. The van der Waals surface area contributed by atoms with Crippen LogP contribution in [-0.2, 0) is 6.42 Å². The Hall–Kier alpha value is -1.70. The van der Waals surface area contributed by atoms with E-state index in [0.717, 1.165) is 29.3 Å². The number of hydrogen-bond acceptors (Lipinski definition) is 2. The molecule has 0 aliphatic rings. The van der Waals surface area contributed by atoms with Crippen molar-refractivity contribution in [3.05, 3.63) is 41.6 Å². The molecular formula is C14H15NO. The van der Waals surface area contributed by atoms with Crippen LogP contribution in [-0.4, -0.2) is 11.3 Å². The average molecular weight is 213 g/mol. The Labute approximate surface area is 95.3 Å². The van der Waals surface area contributed by atoms with Crippen molar-refractivity contribution in [2.45, 2.75) is 20.3 Å². The van der Waals surface area contributed by atoms with Gasteiger partial charge in [-0.2, -0.15) is 0 Å². The van der Waals surface area contributed by atoms with Crippen LogP contribution >= 0.6 is 0 Å². The summed E-state index contributed by atoms with van der Waals surface area (Å²) in [6.45, 7) is 4.36. The number of aromatic nitrogens is 1. The summed E-state index contributed by atoms with van der Waals surface area (Å²) >= 11 is 0. The number of hydrogen-bond donors (Lipinski definition) is 0. The highest BCUT2D eigenvalue weighted by atomic mass is 16.1. The molecule has 16 heavy (non-hydrogen) atoms. The summed E-state index contributed by atoms with van der Waals surface area (Å²) in [5.74, 6) is 0.610. The zero-order valence-electron chi connectivity index (χ0n) is 9.60. The van der Waals surface area contributed by atoms with E-state index in [9.17, 15) is 4.79 Å². The molecule has 82 valence electrons. The first-order valence-corrected chi connectivity index (χ1v) is 5.54. The van der Waals surface area contributed by atoms with Crippen LogP contribution in [0.1, 0.15) is 29.9 Å². The molecule has 0 N–H and O–H groups in total. The molecule has 0 fully saturated rings. The average Bonchev–Trinajstić information content (AvgIpc) is 2.27. The number of fused-ring (bicyclic) bond motifs is 1. The van der Waals surface area contributed by atoms with Crippen molar-refractivity contribution in [2.24, 2.45) is 5.92 Å². The highest BCUT2D eigenvalue weighted by molar-refractivity contribution is 5.86. The third-order valence-corrected chi connectivity index (χ3v) is 2.52. The Bertz CT molecular complexity index is 517. The van der Waals surface area contributed by atoms with E-state index < -0.39 is 0 Å². The van der Waals surface area contributed by atoms with E-state index in [4.69, 9.17) is 0 Å². The molecule has 0 saturated heterocycles. The van der Waals surface area contributed by atoms with Crippen molar-refractivity contribution in [2.75, 3.05) is 0 Å². The molecule has 0 amide bonds. The molecule has 1 aromatic heterocycles. The molecule has 0 bridgehead atoms. The van der Waals surface area contributed by atoms with Crippen LogP contribution in [0.15, 0.2) is 30.3 Å². The Balaban J connectivity index is 2.43. The molecule has 2 nitrogen and oxygen atoms in total. The van der Waals surface area contributed by atoms with E-state index in [0.29, 0.717) is 11.5 Å². The molecule has 2 rings (SSSR count). The number of carbonyl (C=O) groups excluding carboxylic acids is 1. The van der Waals surface area contributed by atoms with Gasteiger partial charge in [-0.15, -0.1) is 0 Å². The number of pyridine rings is 1. The first-order chi connectivity index (χ1) is 7.69. The fraction of sp³-hybridized carbons (Fsp3) is 0.286. The maximum absolute atomic E-state index is 10.6. The van der Waals surface area contributed by atoms with E-state index in [2.05, 4.69) is 18.8 Å². The zero-order valence-corrected chi connectivity index (χ0v) is 9.60. The summed E-state index contributed by atoms with van der Waals surface area (Å²) in [5.41, 5.74) is 2.77. The van der Waals surface area contributed by atoms with E-state index >= 15 is 0 Å². The van der Waals surface area contributed by atoms with Gasteiger partial charge in [-0.05, 0) is 36.6 Å². The molecule has 0 saturated carbocycles. The minimum absolute atomic E-state index is 0.610. The van der Waals surface area contributed by atoms with Crippen molar-refractivity contribution in [3.8, 4) is 0 Å². The van der Waals surface area contributed by atoms with Crippen molar-refractivity contribution in [1.82, 2.24) is 4.98 Å². The molecule has 0 aliphatic heterocycles. The molecule has 0 aliphatic carbocycles. The van der Waals surface area contributed by atoms with Crippen LogP contribution in [0.25, 0.3) is 10.9 Å². The third-order valence-electron chi connectivity index (χ3n) is 2.52. The molecule has 1 aromatic carbocycles. The zero-order chi connectivity index (χ0) is 11.5. The largest absolute Gasteiger partial charge is 0.298 e. The molecule has 2 aromatic rings. The lowest BCUT2D eigenvalue weighted by Gasteiger charge is -2.05. The van der Waals surface area contributed by atoms with Gasteiger partial charge >= 0.3 is 0 Å². The Morgan fingerprint density at radius 3 is 2.75 bits per heavy atom. The van der Waals surface area contributed by atoms with Gasteiger partial charge in [0.05, 0.1) is 5.52 Å². The van der Waals surface area contributed by atoms with Crippen LogP contribution in [0.5, 0.6) is 0 Å². The molecule has 0 radical (unpaired) electrons. The predicted molar refractivity (Wildman–Crippen MR) is 65.7 cm³/mol. The van der Waals surface area contributed by atoms with Gasteiger partial charge in [0.2, 0.25) is 0 Å². The van der Waals surface area contributed by atoms with Gasteiger partial charge in [0.15, 0.2) is 0 Å². The Morgan fingerprint density at radius 2 is 2.06 bits per heavy atom. The van der Waals surface area contributed by atoms with E-state index in [-0.39, 0.29) is 0 Å². The fourth-order valence-corrected chi connectivity index (χ4v) is 1.79. The fourth-order valence-electron chi connectivity index (χ4n) is 1.79. The lowest BCUT2D eigenvalue weighted by atomic mass is 10.1. The number of carbonyl (C=O) groups is 1. The summed E-state index contributed by atoms with van der Waals surface area (Å²) in [4.78, 5) is 15.2. The van der Waals surface area contributed by atoms with Crippen LogP contribution in [0.2, 0.25) is 0 Å². The van der Waals surface area contributed by atoms with Gasteiger partial charge in [-0.1, -0.05) is 19.9 Å². The van der Waals surface area contributed by atoms with Crippen LogP contribution < -0.4 is 0 Å². The van der Waals surface area contributed by atoms with Gasteiger partial charge in [-0.25, -0.2) is 0 Å². The summed E-state index contributed by atoms with van der Waals surface area (Å²) in [7, 11) is 0. The number of benzene rings is 1. The summed E-state index contributed by atoms with van der Waals surface area (Å²) in [6, 6.07) is 9.66. The number of rotatable bonds is 3. The van der Waals surface area contributed by atoms with Crippen LogP contribution in [0, 0.1) is 5.92 Å². The number of aldehydes is 1. The monoisotopic (exact) mass is 213 g/mol. The standard InChI is InChI=1S/C14H15NO/c1-10(2)7-13-5-4-12-8-11(9-16)3-6-14(12)15-13/h3-6,8-10H,7H2,1-2H3. The van der Waals surface area contributed by atoms with Gasteiger partial charge < -0.3 is 0 Å². The smallest absolute Gasteiger partial charge is 0.150 e. The van der Waals surface area contributed by atoms with Gasteiger partial charge in [0.1, 0.15) is 6.29 Å².